The molecule has 1 aliphatic heterocycles. The Morgan fingerprint density at radius 2 is 2.17 bits per heavy atom. The number of piperidine rings is 1. The lowest BCUT2D eigenvalue weighted by atomic mass is 10.0. The van der Waals surface area contributed by atoms with E-state index in [-0.39, 0.29) is 6.04 Å². The van der Waals surface area contributed by atoms with E-state index in [0.29, 0.717) is 5.91 Å². The number of carbonyl (C=O) groups excluding carboxylic acids is 1. The molecule has 0 aromatic heterocycles. The van der Waals surface area contributed by atoms with Crippen molar-refractivity contribution in [1.29, 1.82) is 0 Å². The molecule has 2 fully saturated rings. The van der Waals surface area contributed by atoms with Crippen molar-refractivity contribution in [3.05, 3.63) is 0 Å². The van der Waals surface area contributed by atoms with Gasteiger partial charge in [-0.1, -0.05) is 20.3 Å². The predicted octanol–water partition coefficient (Wildman–Crippen LogP) is 2.41. The summed E-state index contributed by atoms with van der Waals surface area (Å²) < 4.78 is 0. The van der Waals surface area contributed by atoms with Crippen LogP contribution in [0.1, 0.15) is 52.4 Å². The van der Waals surface area contributed by atoms with Gasteiger partial charge in [-0.25, -0.2) is 0 Å². The molecule has 3 nitrogen and oxygen atoms in total. The molecule has 0 bridgehead atoms. The third kappa shape index (κ3) is 3.47. The molecule has 1 N–H and O–H groups in total. The zero-order valence-electron chi connectivity index (χ0n) is 12.0. The van der Waals surface area contributed by atoms with Crippen LogP contribution in [0.4, 0.5) is 0 Å². The van der Waals surface area contributed by atoms with E-state index in [9.17, 15) is 4.79 Å². The van der Waals surface area contributed by atoms with Gasteiger partial charge in [0.1, 0.15) is 0 Å². The molecule has 3 heteroatoms. The lowest BCUT2D eigenvalue weighted by Gasteiger charge is -2.34. The highest BCUT2D eigenvalue weighted by Gasteiger charge is 2.31. The number of nitrogens with zero attached hydrogens (tertiary/aromatic N) is 1. The van der Waals surface area contributed by atoms with E-state index in [4.69, 9.17) is 0 Å². The van der Waals surface area contributed by atoms with Gasteiger partial charge in [0.15, 0.2) is 0 Å². The van der Waals surface area contributed by atoms with Crippen LogP contribution < -0.4 is 5.32 Å². The van der Waals surface area contributed by atoms with E-state index in [1.807, 2.05) is 0 Å². The third-order valence-electron chi connectivity index (χ3n) is 4.45. The topological polar surface area (TPSA) is 32.3 Å². The molecule has 3 unspecified atom stereocenters. The standard InChI is InChI=1S/C15H28N2O/c1-3-8-16-14-5-4-9-17(15(14)18)11-13-7-6-12(2)10-13/h12-14,16H,3-11H2,1-2H3. The number of carbonyl (C=O) groups is 1. The first kappa shape index (κ1) is 13.9. The molecule has 1 saturated heterocycles. The summed E-state index contributed by atoms with van der Waals surface area (Å²) in [5.41, 5.74) is 0. The Balaban J connectivity index is 1.82. The van der Waals surface area contributed by atoms with Gasteiger partial charge in [0, 0.05) is 13.1 Å². The normalized spacial score (nSPS) is 33.1. The van der Waals surface area contributed by atoms with Crippen molar-refractivity contribution in [2.24, 2.45) is 11.8 Å². The Morgan fingerprint density at radius 1 is 1.33 bits per heavy atom. The van der Waals surface area contributed by atoms with Crippen molar-refractivity contribution >= 4 is 5.91 Å². The van der Waals surface area contributed by atoms with Crippen molar-refractivity contribution in [2.45, 2.75) is 58.4 Å². The number of nitrogens with one attached hydrogen (secondary N) is 1. The van der Waals surface area contributed by atoms with Gasteiger partial charge in [-0.05, 0) is 50.5 Å². The smallest absolute Gasteiger partial charge is 0.239 e. The van der Waals surface area contributed by atoms with Gasteiger partial charge in [0.05, 0.1) is 6.04 Å². The van der Waals surface area contributed by atoms with Crippen molar-refractivity contribution in [2.75, 3.05) is 19.6 Å². The lowest BCUT2D eigenvalue weighted by Crippen LogP contribution is -2.51. The second-order valence-corrected chi connectivity index (χ2v) is 6.22. The molecule has 1 amide bonds. The Labute approximate surface area is 111 Å². The highest BCUT2D eigenvalue weighted by Crippen LogP contribution is 2.31. The minimum atomic E-state index is 0.0949. The monoisotopic (exact) mass is 252 g/mol. The van der Waals surface area contributed by atoms with Crippen LogP contribution in [0, 0.1) is 11.8 Å². The van der Waals surface area contributed by atoms with Gasteiger partial charge in [0.25, 0.3) is 0 Å². The molecular weight excluding hydrogens is 224 g/mol. The molecule has 2 aliphatic rings. The highest BCUT2D eigenvalue weighted by molar-refractivity contribution is 5.82. The van der Waals surface area contributed by atoms with Crippen LogP contribution in [0.25, 0.3) is 0 Å². The summed E-state index contributed by atoms with van der Waals surface area (Å²) in [5, 5.41) is 3.39. The van der Waals surface area contributed by atoms with Crippen LogP contribution in [0.3, 0.4) is 0 Å². The van der Waals surface area contributed by atoms with Crippen molar-refractivity contribution in [3.63, 3.8) is 0 Å². The summed E-state index contributed by atoms with van der Waals surface area (Å²) in [6, 6.07) is 0.0949. The number of likely N-dealkylation sites (tertiary alicyclic amines) is 1. The van der Waals surface area contributed by atoms with E-state index in [1.54, 1.807) is 0 Å². The molecule has 18 heavy (non-hydrogen) atoms. The Morgan fingerprint density at radius 3 is 2.83 bits per heavy atom. The van der Waals surface area contributed by atoms with Crippen molar-refractivity contribution in [3.8, 4) is 0 Å². The quantitative estimate of drug-likeness (QED) is 0.815. The zero-order valence-corrected chi connectivity index (χ0v) is 12.0. The predicted molar refractivity (Wildman–Crippen MR) is 74.4 cm³/mol. The summed E-state index contributed by atoms with van der Waals surface area (Å²) in [5.74, 6) is 1.98. The van der Waals surface area contributed by atoms with Gasteiger partial charge >= 0.3 is 0 Å². The fourth-order valence-corrected chi connectivity index (χ4v) is 3.43. The minimum Gasteiger partial charge on any atom is -0.341 e. The second-order valence-electron chi connectivity index (χ2n) is 6.22. The Hall–Kier alpha value is -0.570. The number of amides is 1. The minimum absolute atomic E-state index is 0.0949. The van der Waals surface area contributed by atoms with Gasteiger partial charge in [0.2, 0.25) is 5.91 Å². The molecular formula is C15H28N2O. The van der Waals surface area contributed by atoms with Gasteiger partial charge in [-0.2, -0.15) is 0 Å². The largest absolute Gasteiger partial charge is 0.341 e. The van der Waals surface area contributed by atoms with Crippen LogP contribution >= 0.6 is 0 Å². The summed E-state index contributed by atoms with van der Waals surface area (Å²) in [6.07, 6.45) is 7.27. The van der Waals surface area contributed by atoms with Crippen LogP contribution in [0.2, 0.25) is 0 Å². The first-order chi connectivity index (χ1) is 8.70. The summed E-state index contributed by atoms with van der Waals surface area (Å²) in [6.45, 7) is 7.44. The van der Waals surface area contributed by atoms with Crippen LogP contribution in [0.15, 0.2) is 0 Å². The molecule has 1 saturated carbocycles. The molecule has 0 aromatic rings. The zero-order chi connectivity index (χ0) is 13.0. The number of hydrogen-bond acceptors (Lipinski definition) is 2. The maximum absolute atomic E-state index is 12.4. The molecule has 0 spiro atoms. The molecule has 0 aromatic carbocycles. The van der Waals surface area contributed by atoms with Gasteiger partial charge in [-0.3, -0.25) is 4.79 Å². The summed E-state index contributed by atoms with van der Waals surface area (Å²) >= 11 is 0. The highest BCUT2D eigenvalue weighted by atomic mass is 16.2. The first-order valence-electron chi connectivity index (χ1n) is 7.73. The van der Waals surface area contributed by atoms with Crippen molar-refractivity contribution in [1.82, 2.24) is 10.2 Å². The Kier molecular flexibility index (Phi) is 5.04. The molecule has 3 atom stereocenters. The average Bonchev–Trinajstić information content (AvgIpc) is 2.76. The van der Waals surface area contributed by atoms with E-state index in [0.717, 1.165) is 50.7 Å². The lowest BCUT2D eigenvalue weighted by molar-refractivity contribution is -0.136. The second kappa shape index (κ2) is 6.55. The van der Waals surface area contributed by atoms with Crippen LogP contribution in [-0.2, 0) is 4.79 Å². The van der Waals surface area contributed by atoms with Crippen LogP contribution in [0.5, 0.6) is 0 Å². The fraction of sp³-hybridized carbons (Fsp3) is 0.933. The molecule has 1 heterocycles. The average molecular weight is 252 g/mol. The van der Waals surface area contributed by atoms with Crippen molar-refractivity contribution < 1.29 is 4.79 Å². The van der Waals surface area contributed by atoms with Crippen LogP contribution in [-0.4, -0.2) is 36.5 Å². The first-order valence-corrected chi connectivity index (χ1v) is 7.73. The number of hydrogen-bond donors (Lipinski definition) is 1. The molecule has 1 aliphatic carbocycles. The molecule has 2 rings (SSSR count). The number of rotatable bonds is 5. The van der Waals surface area contributed by atoms with Gasteiger partial charge in [-0.15, -0.1) is 0 Å². The van der Waals surface area contributed by atoms with E-state index >= 15 is 0 Å². The SMILES string of the molecule is CCCNC1CCCN(CC2CCC(C)C2)C1=O. The maximum atomic E-state index is 12.4. The van der Waals surface area contributed by atoms with E-state index in [2.05, 4.69) is 24.1 Å². The Bertz CT molecular complexity index is 280. The summed E-state index contributed by atoms with van der Waals surface area (Å²) in [4.78, 5) is 14.5. The molecule has 104 valence electrons. The maximum Gasteiger partial charge on any atom is 0.239 e. The van der Waals surface area contributed by atoms with E-state index in [1.165, 1.54) is 19.3 Å². The third-order valence-corrected chi connectivity index (χ3v) is 4.45. The fourth-order valence-electron chi connectivity index (χ4n) is 3.43. The summed E-state index contributed by atoms with van der Waals surface area (Å²) in [7, 11) is 0. The molecule has 0 radical (unpaired) electrons. The van der Waals surface area contributed by atoms with E-state index < -0.39 is 0 Å². The van der Waals surface area contributed by atoms with Gasteiger partial charge < -0.3 is 10.2 Å².